The van der Waals surface area contributed by atoms with Crippen molar-refractivity contribution in [2.45, 2.75) is 13.0 Å². The van der Waals surface area contributed by atoms with E-state index in [2.05, 4.69) is 10.6 Å². The van der Waals surface area contributed by atoms with Crippen molar-refractivity contribution in [2.24, 2.45) is 0 Å². The van der Waals surface area contributed by atoms with Gasteiger partial charge in [0.25, 0.3) is 5.91 Å². The molecular formula is C21H25Cl2N3O6S. The molecule has 33 heavy (non-hydrogen) atoms. The van der Waals surface area contributed by atoms with Crippen molar-refractivity contribution >= 4 is 64.7 Å². The van der Waals surface area contributed by atoms with E-state index >= 15 is 0 Å². The molecule has 0 saturated carbocycles. The average Bonchev–Trinajstić information content (AvgIpc) is 3.38. The largest absolute Gasteiger partial charge is 0.464 e. The van der Waals surface area contributed by atoms with Gasteiger partial charge < -0.3 is 24.8 Å². The summed E-state index contributed by atoms with van der Waals surface area (Å²) in [6, 6.07) is 10.6. The second kappa shape index (κ2) is 13.2. The fraction of sp³-hybridized carbons (Fsp3) is 0.381. The van der Waals surface area contributed by atoms with E-state index in [4.69, 9.17) is 25.8 Å². The Morgan fingerprint density at radius 2 is 2.00 bits per heavy atom. The SMILES string of the molecule is CCOC(=O)COCCNc1ccc(N2C[C@H](CNC(=O)c3ccc(Cl)s3)OC2=O)cc1.Cl. The van der Waals surface area contributed by atoms with Crippen LogP contribution in [0.3, 0.4) is 0 Å². The molecule has 9 nitrogen and oxygen atoms in total. The molecule has 0 spiro atoms. The lowest BCUT2D eigenvalue weighted by Crippen LogP contribution is -2.34. The lowest BCUT2D eigenvalue weighted by Gasteiger charge is -2.14. The number of hydrogen-bond acceptors (Lipinski definition) is 8. The summed E-state index contributed by atoms with van der Waals surface area (Å²) in [5, 5.41) is 5.93. The highest BCUT2D eigenvalue weighted by Crippen LogP contribution is 2.24. The van der Waals surface area contributed by atoms with Crippen molar-refractivity contribution < 1.29 is 28.6 Å². The number of hydrogen-bond donors (Lipinski definition) is 2. The summed E-state index contributed by atoms with van der Waals surface area (Å²) < 4.78 is 15.9. The molecule has 0 aliphatic carbocycles. The number of ether oxygens (including phenoxy) is 3. The van der Waals surface area contributed by atoms with Gasteiger partial charge in [-0.1, -0.05) is 11.6 Å². The summed E-state index contributed by atoms with van der Waals surface area (Å²) in [6.45, 7) is 3.41. The van der Waals surface area contributed by atoms with Crippen LogP contribution in [0.2, 0.25) is 4.34 Å². The topological polar surface area (TPSA) is 106 Å². The number of anilines is 2. The van der Waals surface area contributed by atoms with Crippen LogP contribution in [-0.4, -0.2) is 63.5 Å². The van der Waals surface area contributed by atoms with Gasteiger partial charge in [0.2, 0.25) is 0 Å². The number of benzene rings is 1. The summed E-state index contributed by atoms with van der Waals surface area (Å²) in [4.78, 5) is 37.6. The van der Waals surface area contributed by atoms with Crippen LogP contribution < -0.4 is 15.5 Å². The summed E-state index contributed by atoms with van der Waals surface area (Å²) in [5.41, 5.74) is 1.54. The highest BCUT2D eigenvalue weighted by Gasteiger charge is 2.32. The molecule has 1 aliphatic heterocycles. The summed E-state index contributed by atoms with van der Waals surface area (Å²) >= 11 is 7.04. The maximum absolute atomic E-state index is 12.2. The minimum absolute atomic E-state index is 0. The van der Waals surface area contributed by atoms with Crippen molar-refractivity contribution in [1.29, 1.82) is 0 Å². The molecule has 1 atom stereocenters. The zero-order chi connectivity index (χ0) is 22.9. The quantitative estimate of drug-likeness (QED) is 0.346. The van der Waals surface area contributed by atoms with E-state index in [-0.39, 0.29) is 37.4 Å². The number of carbonyl (C=O) groups is 3. The van der Waals surface area contributed by atoms with Crippen molar-refractivity contribution in [3.8, 4) is 0 Å². The molecule has 0 unspecified atom stereocenters. The molecule has 2 heterocycles. The van der Waals surface area contributed by atoms with Gasteiger partial charge >= 0.3 is 12.1 Å². The van der Waals surface area contributed by atoms with Gasteiger partial charge in [-0.3, -0.25) is 9.69 Å². The molecule has 1 aromatic heterocycles. The lowest BCUT2D eigenvalue weighted by molar-refractivity contribution is -0.148. The molecule has 2 N–H and O–H groups in total. The zero-order valence-electron chi connectivity index (χ0n) is 17.9. The Kier molecular flexibility index (Phi) is 10.7. The minimum Gasteiger partial charge on any atom is -0.464 e. The van der Waals surface area contributed by atoms with Crippen LogP contribution in [0.1, 0.15) is 16.6 Å². The van der Waals surface area contributed by atoms with Crippen LogP contribution >= 0.6 is 35.3 Å². The van der Waals surface area contributed by atoms with Gasteiger partial charge in [-0.05, 0) is 43.3 Å². The number of cyclic esters (lactones) is 1. The van der Waals surface area contributed by atoms with E-state index in [1.807, 2.05) is 12.1 Å². The van der Waals surface area contributed by atoms with Crippen LogP contribution in [0.15, 0.2) is 36.4 Å². The number of thiophene rings is 1. The molecule has 1 aromatic carbocycles. The number of esters is 1. The third-order valence-electron chi connectivity index (χ3n) is 4.44. The number of nitrogens with one attached hydrogen (secondary N) is 2. The predicted octanol–water partition coefficient (Wildman–Crippen LogP) is 3.57. The Bertz CT molecular complexity index is 940. The van der Waals surface area contributed by atoms with Gasteiger partial charge in [0.1, 0.15) is 12.7 Å². The molecule has 180 valence electrons. The van der Waals surface area contributed by atoms with E-state index in [9.17, 15) is 14.4 Å². The van der Waals surface area contributed by atoms with Crippen LogP contribution in [0.5, 0.6) is 0 Å². The Labute approximate surface area is 206 Å². The fourth-order valence-electron chi connectivity index (χ4n) is 2.95. The first-order valence-corrected chi connectivity index (χ1v) is 11.2. The third kappa shape index (κ3) is 8.08. The monoisotopic (exact) mass is 517 g/mol. The molecule has 12 heteroatoms. The highest BCUT2D eigenvalue weighted by molar-refractivity contribution is 7.18. The van der Waals surface area contributed by atoms with E-state index in [1.165, 1.54) is 16.2 Å². The first-order valence-electron chi connectivity index (χ1n) is 10.0. The average molecular weight is 518 g/mol. The second-order valence-electron chi connectivity index (χ2n) is 6.76. The molecule has 1 saturated heterocycles. The van der Waals surface area contributed by atoms with Crippen molar-refractivity contribution in [1.82, 2.24) is 5.32 Å². The lowest BCUT2D eigenvalue weighted by atomic mass is 10.2. The Balaban J connectivity index is 0.00000385. The first-order chi connectivity index (χ1) is 15.5. The molecule has 1 aliphatic rings. The first kappa shape index (κ1) is 26.7. The van der Waals surface area contributed by atoms with Gasteiger partial charge in [-0.15, -0.1) is 23.7 Å². The smallest absolute Gasteiger partial charge is 0.414 e. The van der Waals surface area contributed by atoms with Gasteiger partial charge in [0.15, 0.2) is 0 Å². The fourth-order valence-corrected chi connectivity index (χ4v) is 3.91. The molecule has 0 radical (unpaired) electrons. The summed E-state index contributed by atoms with van der Waals surface area (Å²) in [6.07, 6.45) is -0.910. The maximum atomic E-state index is 12.2. The zero-order valence-corrected chi connectivity index (χ0v) is 20.3. The molecule has 2 amide bonds. The van der Waals surface area contributed by atoms with Crippen molar-refractivity contribution in [3.63, 3.8) is 0 Å². The number of amides is 2. The Morgan fingerprint density at radius 1 is 1.24 bits per heavy atom. The Hall–Kier alpha value is -2.53. The molecule has 3 rings (SSSR count). The normalized spacial score (nSPS) is 14.9. The number of halogens is 2. The van der Waals surface area contributed by atoms with E-state index in [0.717, 1.165) is 5.69 Å². The Morgan fingerprint density at radius 3 is 2.67 bits per heavy atom. The maximum Gasteiger partial charge on any atom is 0.414 e. The van der Waals surface area contributed by atoms with Gasteiger partial charge in [-0.25, -0.2) is 9.59 Å². The van der Waals surface area contributed by atoms with Gasteiger partial charge in [-0.2, -0.15) is 0 Å². The van der Waals surface area contributed by atoms with Crippen LogP contribution in [0.4, 0.5) is 16.2 Å². The molecule has 1 fully saturated rings. The van der Waals surface area contributed by atoms with E-state index in [1.54, 1.807) is 31.2 Å². The van der Waals surface area contributed by atoms with E-state index < -0.39 is 12.2 Å². The van der Waals surface area contributed by atoms with Gasteiger partial charge in [0, 0.05) is 17.9 Å². The third-order valence-corrected chi connectivity index (χ3v) is 5.67. The summed E-state index contributed by atoms with van der Waals surface area (Å²) in [5.74, 6) is -0.638. The van der Waals surface area contributed by atoms with Crippen molar-refractivity contribution in [3.05, 3.63) is 45.6 Å². The standard InChI is InChI=1S/C21H24ClN3O6S.ClH/c1-2-30-19(26)13-29-10-9-23-14-3-5-15(6-4-14)25-12-16(31-21(25)28)11-24-20(27)17-7-8-18(22)32-17;/h3-8,16,23H,2,9-13H2,1H3,(H,24,27);1H/t16-;/m0./s1. The summed E-state index contributed by atoms with van der Waals surface area (Å²) in [7, 11) is 0. The molecule has 2 aromatic rings. The molecular weight excluding hydrogens is 493 g/mol. The second-order valence-corrected chi connectivity index (χ2v) is 8.48. The number of nitrogens with zero attached hydrogens (tertiary/aromatic N) is 1. The molecule has 0 bridgehead atoms. The van der Waals surface area contributed by atoms with Crippen molar-refractivity contribution in [2.75, 3.05) is 49.7 Å². The number of carbonyl (C=O) groups excluding carboxylic acids is 3. The highest BCUT2D eigenvalue weighted by atomic mass is 35.5. The van der Waals surface area contributed by atoms with Crippen LogP contribution in [0, 0.1) is 0 Å². The van der Waals surface area contributed by atoms with Crippen LogP contribution in [-0.2, 0) is 19.0 Å². The minimum atomic E-state index is -0.462. The van der Waals surface area contributed by atoms with E-state index in [0.29, 0.717) is 41.2 Å². The van der Waals surface area contributed by atoms with Crippen LogP contribution in [0.25, 0.3) is 0 Å². The predicted molar refractivity (Wildman–Crippen MR) is 129 cm³/mol. The number of rotatable bonds is 11. The van der Waals surface area contributed by atoms with Gasteiger partial charge in [0.05, 0.1) is 35.5 Å².